The molecule has 2 aromatic carbocycles. The van der Waals surface area contributed by atoms with Crippen LogP contribution in [-0.2, 0) is 0 Å². The van der Waals surface area contributed by atoms with Crippen LogP contribution >= 0.6 is 15.9 Å². The Labute approximate surface area is 145 Å². The summed E-state index contributed by atoms with van der Waals surface area (Å²) in [6.45, 7) is 0. The molecule has 1 N–H and O–H groups in total. The molecule has 0 saturated heterocycles. The number of ether oxygens (including phenoxy) is 3. The smallest absolute Gasteiger partial charge is 0.257 e. The summed E-state index contributed by atoms with van der Waals surface area (Å²) in [5.41, 5.74) is -0.477. The summed E-state index contributed by atoms with van der Waals surface area (Å²) in [4.78, 5) is 12.4. The zero-order valence-corrected chi connectivity index (χ0v) is 14.7. The zero-order valence-electron chi connectivity index (χ0n) is 13.1. The van der Waals surface area contributed by atoms with E-state index in [0.717, 1.165) is 12.1 Å². The van der Waals surface area contributed by atoms with Crippen molar-refractivity contribution < 1.29 is 27.8 Å². The van der Waals surface area contributed by atoms with Crippen LogP contribution in [0.1, 0.15) is 10.4 Å². The Bertz CT molecular complexity index is 763. The van der Waals surface area contributed by atoms with Gasteiger partial charge in [0.15, 0.2) is 11.5 Å². The van der Waals surface area contributed by atoms with Crippen molar-refractivity contribution in [3.05, 3.63) is 45.9 Å². The molecule has 0 aliphatic carbocycles. The largest absolute Gasteiger partial charge is 0.493 e. The van der Waals surface area contributed by atoms with Gasteiger partial charge in [-0.2, -0.15) is 0 Å². The predicted octanol–water partition coefficient (Wildman–Crippen LogP) is 4.01. The third-order valence-corrected chi connectivity index (χ3v) is 4.00. The van der Waals surface area contributed by atoms with Gasteiger partial charge in [0, 0.05) is 0 Å². The minimum atomic E-state index is -0.882. The second kappa shape index (κ2) is 7.48. The number of amides is 1. The molecule has 0 aliphatic rings. The van der Waals surface area contributed by atoms with E-state index in [4.69, 9.17) is 14.2 Å². The van der Waals surface area contributed by atoms with E-state index in [1.165, 1.54) is 33.5 Å². The van der Waals surface area contributed by atoms with Crippen LogP contribution < -0.4 is 19.5 Å². The normalized spacial score (nSPS) is 10.2. The van der Waals surface area contributed by atoms with E-state index in [-0.39, 0.29) is 27.3 Å². The summed E-state index contributed by atoms with van der Waals surface area (Å²) in [5.74, 6) is -1.78. The second-order valence-electron chi connectivity index (χ2n) is 4.56. The molecule has 0 bridgehead atoms. The van der Waals surface area contributed by atoms with Gasteiger partial charge in [-0.15, -0.1) is 0 Å². The number of hydrogen-bond donors (Lipinski definition) is 1. The van der Waals surface area contributed by atoms with Gasteiger partial charge in [0.25, 0.3) is 5.91 Å². The van der Waals surface area contributed by atoms with E-state index in [0.29, 0.717) is 0 Å². The molecule has 0 heterocycles. The van der Waals surface area contributed by atoms with E-state index in [1.807, 2.05) is 0 Å². The Morgan fingerprint density at radius 2 is 1.62 bits per heavy atom. The molecule has 0 radical (unpaired) electrons. The van der Waals surface area contributed by atoms with Crippen molar-refractivity contribution in [2.24, 2.45) is 0 Å². The lowest BCUT2D eigenvalue weighted by Crippen LogP contribution is -2.15. The van der Waals surface area contributed by atoms with Crippen LogP contribution in [0.15, 0.2) is 28.7 Å². The van der Waals surface area contributed by atoms with Crippen LogP contribution in [-0.4, -0.2) is 27.2 Å². The predicted molar refractivity (Wildman–Crippen MR) is 88.1 cm³/mol. The van der Waals surface area contributed by atoms with Crippen LogP contribution in [0.3, 0.4) is 0 Å². The highest BCUT2D eigenvalue weighted by atomic mass is 79.9. The number of benzene rings is 2. The molecule has 0 unspecified atom stereocenters. The molecule has 0 aliphatic heterocycles. The van der Waals surface area contributed by atoms with Crippen LogP contribution in [0.4, 0.5) is 14.5 Å². The van der Waals surface area contributed by atoms with Crippen LogP contribution in [0.5, 0.6) is 17.2 Å². The van der Waals surface area contributed by atoms with Crippen molar-refractivity contribution in [1.82, 2.24) is 0 Å². The molecule has 0 spiro atoms. The SMILES string of the molecule is COc1cc(C(=O)Nc2c(F)cccc2F)c(Br)c(OC)c1OC. The highest BCUT2D eigenvalue weighted by Crippen LogP contribution is 2.44. The van der Waals surface area contributed by atoms with Crippen molar-refractivity contribution >= 4 is 27.5 Å². The second-order valence-corrected chi connectivity index (χ2v) is 5.35. The molecule has 0 aromatic heterocycles. The fourth-order valence-corrected chi connectivity index (χ4v) is 2.72. The Balaban J connectivity index is 2.50. The first-order chi connectivity index (χ1) is 11.4. The van der Waals surface area contributed by atoms with Crippen molar-refractivity contribution in [2.45, 2.75) is 0 Å². The number of nitrogens with one attached hydrogen (secondary N) is 1. The standard InChI is InChI=1S/C16H14BrF2NO4/c1-22-11-7-8(12(17)15(24-3)14(11)23-2)16(21)20-13-9(18)5-4-6-10(13)19/h4-7H,1-3H3,(H,20,21). The summed E-state index contributed by atoms with van der Waals surface area (Å²) in [6.07, 6.45) is 0. The summed E-state index contributed by atoms with van der Waals surface area (Å²) >= 11 is 3.24. The molecular weight excluding hydrogens is 388 g/mol. The monoisotopic (exact) mass is 401 g/mol. The molecule has 0 saturated carbocycles. The number of carbonyl (C=O) groups is 1. The molecule has 128 valence electrons. The van der Waals surface area contributed by atoms with E-state index < -0.39 is 23.2 Å². The maximum atomic E-state index is 13.7. The lowest BCUT2D eigenvalue weighted by atomic mass is 10.1. The lowest BCUT2D eigenvalue weighted by molar-refractivity contribution is 0.102. The number of carbonyl (C=O) groups excluding carboxylic acids is 1. The van der Waals surface area contributed by atoms with Gasteiger partial charge in [-0.1, -0.05) is 6.07 Å². The molecule has 0 atom stereocenters. The summed E-state index contributed by atoms with van der Waals surface area (Å²) in [6, 6.07) is 4.67. The third kappa shape index (κ3) is 3.28. The fraction of sp³-hybridized carbons (Fsp3) is 0.188. The highest BCUT2D eigenvalue weighted by Gasteiger charge is 2.24. The van der Waals surface area contributed by atoms with Gasteiger partial charge in [-0.25, -0.2) is 8.78 Å². The number of para-hydroxylation sites is 1. The van der Waals surface area contributed by atoms with Gasteiger partial charge in [-0.3, -0.25) is 4.79 Å². The van der Waals surface area contributed by atoms with Crippen molar-refractivity contribution in [3.8, 4) is 17.2 Å². The number of anilines is 1. The number of rotatable bonds is 5. The number of halogens is 3. The van der Waals surface area contributed by atoms with Crippen molar-refractivity contribution in [2.75, 3.05) is 26.6 Å². The minimum absolute atomic E-state index is 0.0622. The highest BCUT2D eigenvalue weighted by molar-refractivity contribution is 9.10. The van der Waals surface area contributed by atoms with E-state index in [1.54, 1.807) is 0 Å². The Hall–Kier alpha value is -2.35. The molecule has 8 heteroatoms. The number of hydrogen-bond acceptors (Lipinski definition) is 4. The first kappa shape index (κ1) is 18.0. The molecule has 24 heavy (non-hydrogen) atoms. The van der Waals surface area contributed by atoms with Crippen molar-refractivity contribution in [3.63, 3.8) is 0 Å². The molecule has 2 rings (SSSR count). The third-order valence-electron chi connectivity index (χ3n) is 3.22. The van der Waals surface area contributed by atoms with Crippen LogP contribution in [0, 0.1) is 11.6 Å². The molecule has 5 nitrogen and oxygen atoms in total. The quantitative estimate of drug-likeness (QED) is 0.822. The maximum absolute atomic E-state index is 13.7. The minimum Gasteiger partial charge on any atom is -0.493 e. The first-order valence-electron chi connectivity index (χ1n) is 6.68. The Morgan fingerprint density at radius 3 is 2.12 bits per heavy atom. The molecule has 1 amide bonds. The average Bonchev–Trinajstić information content (AvgIpc) is 2.57. The van der Waals surface area contributed by atoms with Gasteiger partial charge < -0.3 is 19.5 Å². The Morgan fingerprint density at radius 1 is 1.04 bits per heavy atom. The van der Waals surface area contributed by atoms with Gasteiger partial charge in [0.1, 0.15) is 17.3 Å². The zero-order chi connectivity index (χ0) is 17.9. The molecule has 2 aromatic rings. The van der Waals surface area contributed by atoms with Crippen LogP contribution in [0.25, 0.3) is 0 Å². The van der Waals surface area contributed by atoms with Crippen molar-refractivity contribution in [1.29, 1.82) is 0 Å². The van der Waals surface area contributed by atoms with Gasteiger partial charge in [-0.05, 0) is 34.1 Å². The van der Waals surface area contributed by atoms with Gasteiger partial charge in [0.2, 0.25) is 5.75 Å². The molecule has 0 fully saturated rings. The van der Waals surface area contributed by atoms with E-state index >= 15 is 0 Å². The maximum Gasteiger partial charge on any atom is 0.257 e. The first-order valence-corrected chi connectivity index (χ1v) is 7.47. The van der Waals surface area contributed by atoms with Gasteiger partial charge in [0.05, 0.1) is 31.4 Å². The van der Waals surface area contributed by atoms with E-state index in [2.05, 4.69) is 21.2 Å². The van der Waals surface area contributed by atoms with Gasteiger partial charge >= 0.3 is 0 Å². The fourth-order valence-electron chi connectivity index (χ4n) is 2.08. The van der Waals surface area contributed by atoms with E-state index in [9.17, 15) is 13.6 Å². The molecular formula is C16H14BrF2NO4. The average molecular weight is 402 g/mol. The summed E-state index contributed by atoms with van der Waals surface area (Å²) < 4.78 is 43.2. The van der Waals surface area contributed by atoms with Crippen LogP contribution in [0.2, 0.25) is 0 Å². The lowest BCUT2D eigenvalue weighted by Gasteiger charge is -2.16. The summed E-state index contributed by atoms with van der Waals surface area (Å²) in [7, 11) is 4.20. The number of methoxy groups -OCH3 is 3. The topological polar surface area (TPSA) is 56.8 Å². The Kier molecular flexibility index (Phi) is 5.61. The summed E-state index contributed by atoms with van der Waals surface area (Å²) in [5, 5.41) is 2.20.